The fourth-order valence-corrected chi connectivity index (χ4v) is 1.59. The number of aliphatic carboxylic acids is 1. The lowest BCUT2D eigenvalue weighted by Gasteiger charge is -2.18. The van der Waals surface area contributed by atoms with E-state index in [1.807, 2.05) is 24.3 Å². The van der Waals surface area contributed by atoms with Crippen LogP contribution in [0.4, 0.5) is 0 Å². The molecule has 0 spiro atoms. The van der Waals surface area contributed by atoms with Crippen molar-refractivity contribution in [3.8, 4) is 0 Å². The standard InChI is InChI=1S/C12H14BrNO3/c1-12(2,11(16)17)10(15)14-7-8-4-3-5-9(13)6-8/h3-6H,7H2,1-2H3,(H,14,15)(H,16,17). The lowest BCUT2D eigenvalue weighted by molar-refractivity contribution is -0.153. The predicted octanol–water partition coefficient (Wildman–Crippen LogP) is 2.18. The maximum absolute atomic E-state index is 11.7. The quantitative estimate of drug-likeness (QED) is 0.838. The molecule has 0 aliphatic rings. The number of amides is 1. The highest BCUT2D eigenvalue weighted by Gasteiger charge is 2.35. The molecule has 92 valence electrons. The summed E-state index contributed by atoms with van der Waals surface area (Å²) in [6, 6.07) is 7.47. The number of carbonyl (C=O) groups is 2. The van der Waals surface area contributed by atoms with E-state index < -0.39 is 17.3 Å². The Labute approximate surface area is 108 Å². The highest BCUT2D eigenvalue weighted by molar-refractivity contribution is 9.10. The number of halogens is 1. The van der Waals surface area contributed by atoms with Crippen LogP contribution in [0.25, 0.3) is 0 Å². The van der Waals surface area contributed by atoms with Crippen molar-refractivity contribution in [1.82, 2.24) is 5.32 Å². The van der Waals surface area contributed by atoms with Gasteiger partial charge in [0.15, 0.2) is 0 Å². The zero-order valence-electron chi connectivity index (χ0n) is 9.66. The molecule has 0 saturated carbocycles. The maximum Gasteiger partial charge on any atom is 0.318 e. The minimum absolute atomic E-state index is 0.314. The first-order valence-corrected chi connectivity index (χ1v) is 5.89. The monoisotopic (exact) mass is 299 g/mol. The summed E-state index contributed by atoms with van der Waals surface area (Å²) in [5, 5.41) is 11.5. The first kappa shape index (κ1) is 13.7. The van der Waals surface area contributed by atoms with Crippen LogP contribution in [0.15, 0.2) is 28.7 Å². The topological polar surface area (TPSA) is 66.4 Å². The summed E-state index contributed by atoms with van der Waals surface area (Å²) >= 11 is 3.33. The molecule has 0 saturated heterocycles. The van der Waals surface area contributed by atoms with Gasteiger partial charge in [0, 0.05) is 11.0 Å². The molecular weight excluding hydrogens is 286 g/mol. The molecule has 0 fully saturated rings. The van der Waals surface area contributed by atoms with E-state index in [9.17, 15) is 9.59 Å². The Bertz CT molecular complexity index is 443. The van der Waals surface area contributed by atoms with E-state index in [4.69, 9.17) is 5.11 Å². The molecule has 0 heterocycles. The van der Waals surface area contributed by atoms with Gasteiger partial charge in [0.05, 0.1) is 0 Å². The Balaban J connectivity index is 2.63. The van der Waals surface area contributed by atoms with Gasteiger partial charge < -0.3 is 10.4 Å². The smallest absolute Gasteiger partial charge is 0.318 e. The van der Waals surface area contributed by atoms with Gasteiger partial charge in [-0.2, -0.15) is 0 Å². The zero-order valence-corrected chi connectivity index (χ0v) is 11.2. The number of benzene rings is 1. The molecular formula is C12H14BrNO3. The molecule has 2 N–H and O–H groups in total. The van der Waals surface area contributed by atoms with Crippen molar-refractivity contribution < 1.29 is 14.7 Å². The SMILES string of the molecule is CC(C)(C(=O)O)C(=O)NCc1cccc(Br)c1. The number of hydrogen-bond donors (Lipinski definition) is 2. The van der Waals surface area contributed by atoms with Gasteiger partial charge in [0.25, 0.3) is 0 Å². The fraction of sp³-hybridized carbons (Fsp3) is 0.333. The van der Waals surface area contributed by atoms with Gasteiger partial charge in [0.2, 0.25) is 5.91 Å². The van der Waals surface area contributed by atoms with Crippen LogP contribution in [0.2, 0.25) is 0 Å². The molecule has 0 aliphatic carbocycles. The van der Waals surface area contributed by atoms with E-state index in [1.54, 1.807) is 0 Å². The van der Waals surface area contributed by atoms with Crippen LogP contribution >= 0.6 is 15.9 Å². The molecule has 0 radical (unpaired) electrons. The molecule has 1 rings (SSSR count). The minimum atomic E-state index is -1.41. The predicted molar refractivity (Wildman–Crippen MR) is 67.4 cm³/mol. The van der Waals surface area contributed by atoms with Gasteiger partial charge in [-0.25, -0.2) is 0 Å². The maximum atomic E-state index is 11.7. The second-order valence-corrected chi connectivity index (χ2v) is 5.16. The Kier molecular flexibility index (Phi) is 4.28. The molecule has 0 atom stereocenters. The molecule has 1 aromatic rings. The summed E-state index contributed by atoms with van der Waals surface area (Å²) < 4.78 is 0.918. The third-order valence-electron chi connectivity index (χ3n) is 2.44. The Morgan fingerprint density at radius 2 is 2.06 bits per heavy atom. The van der Waals surface area contributed by atoms with E-state index >= 15 is 0 Å². The molecule has 1 amide bonds. The van der Waals surface area contributed by atoms with Crippen LogP contribution in [0.1, 0.15) is 19.4 Å². The normalized spacial score (nSPS) is 11.0. The zero-order chi connectivity index (χ0) is 13.1. The average molecular weight is 300 g/mol. The van der Waals surface area contributed by atoms with Crippen molar-refractivity contribution in [3.63, 3.8) is 0 Å². The summed E-state index contributed by atoms with van der Waals surface area (Å²) in [5.74, 6) is -1.63. The number of nitrogens with one attached hydrogen (secondary N) is 1. The average Bonchev–Trinajstić information content (AvgIpc) is 2.25. The lowest BCUT2D eigenvalue weighted by atomic mass is 9.92. The number of rotatable bonds is 4. The summed E-state index contributed by atoms with van der Waals surface area (Å²) in [7, 11) is 0. The molecule has 0 aromatic heterocycles. The number of hydrogen-bond acceptors (Lipinski definition) is 2. The molecule has 1 aromatic carbocycles. The highest BCUT2D eigenvalue weighted by atomic mass is 79.9. The Hall–Kier alpha value is -1.36. The first-order chi connectivity index (χ1) is 7.84. The number of carboxylic acids is 1. The van der Waals surface area contributed by atoms with Crippen LogP contribution in [0.3, 0.4) is 0 Å². The summed E-state index contributed by atoms with van der Waals surface area (Å²) in [4.78, 5) is 22.5. The van der Waals surface area contributed by atoms with Gasteiger partial charge in [-0.1, -0.05) is 28.1 Å². The second-order valence-electron chi connectivity index (χ2n) is 4.24. The molecule has 5 heteroatoms. The van der Waals surface area contributed by atoms with E-state index in [2.05, 4.69) is 21.2 Å². The van der Waals surface area contributed by atoms with Crippen molar-refractivity contribution in [3.05, 3.63) is 34.3 Å². The third-order valence-corrected chi connectivity index (χ3v) is 2.94. The van der Waals surface area contributed by atoms with Crippen molar-refractivity contribution in [2.45, 2.75) is 20.4 Å². The molecule has 17 heavy (non-hydrogen) atoms. The summed E-state index contributed by atoms with van der Waals surface area (Å²) in [6.45, 7) is 3.08. The van der Waals surface area contributed by atoms with Crippen molar-refractivity contribution in [2.75, 3.05) is 0 Å². The lowest BCUT2D eigenvalue weighted by Crippen LogP contribution is -2.41. The molecule has 0 unspecified atom stereocenters. The number of carbonyl (C=O) groups excluding carboxylic acids is 1. The van der Waals surface area contributed by atoms with Gasteiger partial charge in [0.1, 0.15) is 5.41 Å². The van der Waals surface area contributed by atoms with Gasteiger partial charge >= 0.3 is 5.97 Å². The van der Waals surface area contributed by atoms with E-state index in [-0.39, 0.29) is 0 Å². The highest BCUT2D eigenvalue weighted by Crippen LogP contribution is 2.16. The number of carboxylic acid groups (broad SMARTS) is 1. The van der Waals surface area contributed by atoms with E-state index in [1.165, 1.54) is 13.8 Å². The van der Waals surface area contributed by atoms with Crippen LogP contribution in [-0.4, -0.2) is 17.0 Å². The van der Waals surface area contributed by atoms with Crippen LogP contribution < -0.4 is 5.32 Å². The fourth-order valence-electron chi connectivity index (χ4n) is 1.15. The molecule has 4 nitrogen and oxygen atoms in total. The first-order valence-electron chi connectivity index (χ1n) is 5.10. The van der Waals surface area contributed by atoms with Crippen LogP contribution in [-0.2, 0) is 16.1 Å². The minimum Gasteiger partial charge on any atom is -0.480 e. The Morgan fingerprint density at radius 1 is 1.41 bits per heavy atom. The summed E-state index contributed by atoms with van der Waals surface area (Å²) in [5.41, 5.74) is -0.500. The second kappa shape index (κ2) is 5.31. The van der Waals surface area contributed by atoms with Crippen molar-refractivity contribution in [2.24, 2.45) is 5.41 Å². The summed E-state index contributed by atoms with van der Waals surface area (Å²) in [6.07, 6.45) is 0. The Morgan fingerprint density at radius 3 is 2.59 bits per heavy atom. The van der Waals surface area contributed by atoms with Crippen molar-refractivity contribution >= 4 is 27.8 Å². The van der Waals surface area contributed by atoms with Gasteiger partial charge in [-0.3, -0.25) is 9.59 Å². The molecule has 0 aliphatic heterocycles. The molecule has 0 bridgehead atoms. The van der Waals surface area contributed by atoms with Crippen molar-refractivity contribution in [1.29, 1.82) is 0 Å². The third kappa shape index (κ3) is 3.56. The van der Waals surface area contributed by atoms with E-state index in [0.29, 0.717) is 6.54 Å². The van der Waals surface area contributed by atoms with Crippen LogP contribution in [0, 0.1) is 5.41 Å². The van der Waals surface area contributed by atoms with Gasteiger partial charge in [-0.15, -0.1) is 0 Å². The largest absolute Gasteiger partial charge is 0.480 e. The van der Waals surface area contributed by atoms with Crippen LogP contribution in [0.5, 0.6) is 0 Å². The van der Waals surface area contributed by atoms with E-state index in [0.717, 1.165) is 10.0 Å². The van der Waals surface area contributed by atoms with Gasteiger partial charge in [-0.05, 0) is 31.5 Å².